The van der Waals surface area contributed by atoms with Crippen LogP contribution in [0.4, 0.5) is 0 Å². The minimum Gasteiger partial charge on any atom is -0.292 e. The number of ketones is 1. The smallest absolute Gasteiger partial charge is 0.292 e. The van der Waals surface area contributed by atoms with Gasteiger partial charge in [0.1, 0.15) is 0 Å². The summed E-state index contributed by atoms with van der Waals surface area (Å²) >= 11 is 0. The summed E-state index contributed by atoms with van der Waals surface area (Å²) in [5, 5.41) is 8.30. The third kappa shape index (κ3) is 2.98. The number of nitrogens with zero attached hydrogens (tertiary/aromatic N) is 3. The van der Waals surface area contributed by atoms with Gasteiger partial charge in [0.15, 0.2) is 11.8 Å². The summed E-state index contributed by atoms with van der Waals surface area (Å²) in [5.74, 6) is -0.262. The van der Waals surface area contributed by atoms with Gasteiger partial charge in [-0.3, -0.25) is 13.8 Å². The van der Waals surface area contributed by atoms with Gasteiger partial charge in [-0.15, -0.1) is 14.9 Å². The van der Waals surface area contributed by atoms with E-state index in [0.717, 1.165) is 5.17 Å². The average Bonchev–Trinajstić information content (AvgIpc) is 2.74. The Balaban J connectivity index is 2.13. The van der Waals surface area contributed by atoms with E-state index in [0.29, 0.717) is 5.70 Å². The molecule has 0 saturated heterocycles. The molecule has 0 fully saturated rings. The van der Waals surface area contributed by atoms with Gasteiger partial charge in [-0.2, -0.15) is 0 Å². The number of carbonyl (C=O) groups excluding carboxylic acids is 1. The van der Waals surface area contributed by atoms with Crippen LogP contribution >= 0.6 is 7.82 Å². The minimum absolute atomic E-state index is 0.142. The number of allylic oxidation sites excluding steroid dienone is 2. The van der Waals surface area contributed by atoms with Crippen molar-refractivity contribution < 1.29 is 23.0 Å². The Hall–Kier alpha value is -1.34. The quantitative estimate of drug-likeness (QED) is 0.695. The van der Waals surface area contributed by atoms with E-state index in [-0.39, 0.29) is 19.0 Å². The molecule has 0 radical (unpaired) electrons. The Bertz CT molecular complexity index is 491. The van der Waals surface area contributed by atoms with Gasteiger partial charge in [0.05, 0.1) is 18.9 Å². The van der Waals surface area contributed by atoms with Crippen LogP contribution in [0.2, 0.25) is 0 Å². The van der Waals surface area contributed by atoms with E-state index in [9.17, 15) is 9.36 Å². The first-order chi connectivity index (χ1) is 9.09. The highest BCUT2D eigenvalue weighted by Crippen LogP contribution is 2.51. The van der Waals surface area contributed by atoms with Crippen molar-refractivity contribution in [1.82, 2.24) is 5.17 Å². The van der Waals surface area contributed by atoms with E-state index < -0.39 is 13.9 Å². The molecule has 9 heteroatoms. The van der Waals surface area contributed by atoms with Crippen molar-refractivity contribution in [1.29, 1.82) is 0 Å². The van der Waals surface area contributed by atoms with Crippen LogP contribution in [-0.2, 0) is 23.0 Å². The van der Waals surface area contributed by atoms with E-state index in [1.165, 1.54) is 6.08 Å². The van der Waals surface area contributed by atoms with Crippen LogP contribution in [0.15, 0.2) is 34.3 Å². The Morgan fingerprint density at radius 3 is 2.68 bits per heavy atom. The highest BCUT2D eigenvalue weighted by atomic mass is 31.2. The molecular weight excluding hydrogens is 273 g/mol. The molecule has 1 aliphatic carbocycles. The van der Waals surface area contributed by atoms with Gasteiger partial charge in [-0.1, -0.05) is 6.08 Å². The van der Waals surface area contributed by atoms with Crippen molar-refractivity contribution in [2.45, 2.75) is 19.9 Å². The van der Waals surface area contributed by atoms with Gasteiger partial charge >= 0.3 is 7.82 Å². The summed E-state index contributed by atoms with van der Waals surface area (Å²) in [7, 11) is -3.79. The van der Waals surface area contributed by atoms with Gasteiger partial charge in [-0.05, 0) is 31.2 Å². The van der Waals surface area contributed by atoms with E-state index in [1.54, 1.807) is 26.0 Å². The van der Waals surface area contributed by atoms with Gasteiger partial charge in [0.2, 0.25) is 0 Å². The summed E-state index contributed by atoms with van der Waals surface area (Å²) in [6.07, 6.45) is 4.57. The van der Waals surface area contributed by atoms with Crippen molar-refractivity contribution >= 4 is 13.6 Å². The number of phosphoric acid groups is 1. The number of rotatable bonds is 6. The normalized spacial score (nSPS) is 21.8. The largest absolute Gasteiger partial charge is 0.497 e. The number of phosphoric ester groups is 1. The van der Waals surface area contributed by atoms with Crippen molar-refractivity contribution in [3.8, 4) is 0 Å². The van der Waals surface area contributed by atoms with Crippen LogP contribution in [0, 0.1) is 0 Å². The molecule has 0 amide bonds. The second-order valence-corrected chi connectivity index (χ2v) is 5.19. The molecule has 0 aromatic rings. The molecular formula is C10H14N3O5P. The van der Waals surface area contributed by atoms with Crippen molar-refractivity contribution in [2.75, 3.05) is 13.2 Å². The zero-order valence-electron chi connectivity index (χ0n) is 10.6. The molecule has 1 aliphatic heterocycles. The van der Waals surface area contributed by atoms with E-state index >= 15 is 0 Å². The first-order valence-corrected chi connectivity index (χ1v) is 7.27. The molecule has 1 atom stereocenters. The fourth-order valence-electron chi connectivity index (χ4n) is 1.59. The van der Waals surface area contributed by atoms with Crippen LogP contribution in [-0.4, -0.2) is 30.2 Å². The second-order valence-electron chi connectivity index (χ2n) is 3.61. The molecule has 0 aromatic heterocycles. The number of carbonyl (C=O) groups is 1. The molecule has 2 aliphatic rings. The van der Waals surface area contributed by atoms with Crippen molar-refractivity contribution in [3.05, 3.63) is 23.9 Å². The topological polar surface area (TPSA) is 89.8 Å². The minimum atomic E-state index is -3.79. The molecule has 1 unspecified atom stereocenters. The monoisotopic (exact) mass is 287 g/mol. The predicted molar refractivity (Wildman–Crippen MR) is 64.7 cm³/mol. The molecule has 0 N–H and O–H groups in total. The van der Waals surface area contributed by atoms with Gasteiger partial charge in [0.25, 0.3) is 0 Å². The van der Waals surface area contributed by atoms with Gasteiger partial charge in [0, 0.05) is 0 Å². The lowest BCUT2D eigenvalue weighted by atomic mass is 10.1. The third-order valence-corrected chi connectivity index (χ3v) is 3.82. The zero-order chi connectivity index (χ0) is 13.9. The molecule has 0 spiro atoms. The summed E-state index contributed by atoms with van der Waals surface area (Å²) in [4.78, 5) is 11.7. The summed E-state index contributed by atoms with van der Waals surface area (Å²) in [6.45, 7) is 3.59. The third-order valence-electron chi connectivity index (χ3n) is 2.30. The molecule has 8 nitrogen and oxygen atoms in total. The maximum atomic E-state index is 12.2. The maximum absolute atomic E-state index is 12.2. The zero-order valence-corrected chi connectivity index (χ0v) is 11.4. The Kier molecular flexibility index (Phi) is 4.26. The highest BCUT2D eigenvalue weighted by molar-refractivity contribution is 7.48. The molecule has 2 rings (SSSR count). The van der Waals surface area contributed by atoms with Crippen LogP contribution < -0.4 is 0 Å². The Morgan fingerprint density at radius 2 is 2.05 bits per heavy atom. The first kappa shape index (κ1) is 14.1. The number of hydrogen-bond acceptors (Lipinski definition) is 8. The van der Waals surface area contributed by atoms with E-state index in [1.807, 2.05) is 0 Å². The second kappa shape index (κ2) is 5.75. The fraction of sp³-hybridized carbons (Fsp3) is 0.500. The maximum Gasteiger partial charge on any atom is 0.497 e. The first-order valence-electron chi connectivity index (χ1n) is 5.81. The van der Waals surface area contributed by atoms with Gasteiger partial charge in [-0.25, -0.2) is 4.57 Å². The average molecular weight is 287 g/mol. The van der Waals surface area contributed by atoms with E-state index in [4.69, 9.17) is 13.7 Å². The van der Waals surface area contributed by atoms with Crippen molar-refractivity contribution in [3.63, 3.8) is 0 Å². The number of hydrogen-bond donors (Lipinski definition) is 0. The predicted octanol–water partition coefficient (Wildman–Crippen LogP) is 2.17. The van der Waals surface area contributed by atoms with Crippen molar-refractivity contribution in [2.24, 2.45) is 10.3 Å². The fourth-order valence-corrected chi connectivity index (χ4v) is 2.73. The van der Waals surface area contributed by atoms with Crippen LogP contribution in [0.25, 0.3) is 0 Å². The number of hydroxylamine groups is 1. The lowest BCUT2D eigenvalue weighted by Gasteiger charge is -2.24. The van der Waals surface area contributed by atoms with E-state index in [2.05, 4.69) is 10.3 Å². The SMILES string of the molecule is CCOP(=O)(OCC)ON1N=NC2=CC=CC(=O)C21. The molecule has 1 heterocycles. The molecule has 104 valence electrons. The Labute approximate surface area is 110 Å². The summed E-state index contributed by atoms with van der Waals surface area (Å²) in [6, 6.07) is -0.834. The molecule has 0 saturated carbocycles. The molecule has 0 aromatic carbocycles. The lowest BCUT2D eigenvalue weighted by Crippen LogP contribution is -2.35. The molecule has 0 bridgehead atoms. The molecule has 19 heavy (non-hydrogen) atoms. The Morgan fingerprint density at radius 1 is 1.37 bits per heavy atom. The van der Waals surface area contributed by atoms with Crippen LogP contribution in [0.5, 0.6) is 0 Å². The van der Waals surface area contributed by atoms with Crippen LogP contribution in [0.1, 0.15) is 13.8 Å². The lowest BCUT2D eigenvalue weighted by molar-refractivity contribution is -0.138. The van der Waals surface area contributed by atoms with Gasteiger partial charge < -0.3 is 0 Å². The summed E-state index contributed by atoms with van der Waals surface area (Å²) < 4.78 is 27.2. The van der Waals surface area contributed by atoms with Crippen LogP contribution in [0.3, 0.4) is 0 Å². The summed E-state index contributed by atoms with van der Waals surface area (Å²) in [5.41, 5.74) is 0.423. The highest BCUT2D eigenvalue weighted by Gasteiger charge is 2.41. The standard InChI is InChI=1S/C10H14N3O5P/c1-3-16-19(15,17-4-2)18-13-10-8(11-12-13)6-5-7-9(10)14/h5-7,10H,3-4H2,1-2H3. The number of fused-ring (bicyclic) bond motifs is 1.